The number of benzene rings is 1. The lowest BCUT2D eigenvalue weighted by atomic mass is 10.0. The van der Waals surface area contributed by atoms with Crippen LogP contribution in [-0.4, -0.2) is 57.8 Å². The Morgan fingerprint density at radius 2 is 2.19 bits per heavy atom. The molecule has 1 aliphatic heterocycles. The maximum atomic E-state index is 12.8. The van der Waals surface area contributed by atoms with Crippen molar-refractivity contribution in [3.8, 4) is 0 Å². The van der Waals surface area contributed by atoms with Gasteiger partial charge < -0.3 is 15.2 Å². The maximum absolute atomic E-state index is 12.8. The number of sulfonamides is 1. The Hall–Kier alpha value is -0.990. The SMILES string of the molecule is COCCN(CCO)S(=O)(=O)c1cccc2c1CCNC2. The summed E-state index contributed by atoms with van der Waals surface area (Å²) in [6.45, 7) is 1.87. The molecule has 118 valence electrons. The van der Waals surface area contributed by atoms with Crippen LogP contribution in [0.2, 0.25) is 0 Å². The fraction of sp³-hybridized carbons (Fsp3) is 0.571. The first-order chi connectivity index (χ1) is 10.1. The Bertz CT molecular complexity index is 574. The average Bonchev–Trinajstić information content (AvgIpc) is 2.50. The summed E-state index contributed by atoms with van der Waals surface area (Å²) in [6.07, 6.45) is 0.696. The number of hydrogen-bond acceptors (Lipinski definition) is 5. The third-order valence-electron chi connectivity index (χ3n) is 3.61. The van der Waals surface area contributed by atoms with Crippen LogP contribution >= 0.6 is 0 Å². The van der Waals surface area contributed by atoms with Crippen molar-refractivity contribution in [1.29, 1.82) is 0 Å². The van der Waals surface area contributed by atoms with Gasteiger partial charge in [0.1, 0.15) is 0 Å². The number of nitrogens with zero attached hydrogens (tertiary/aromatic N) is 1. The molecule has 0 unspecified atom stereocenters. The van der Waals surface area contributed by atoms with Crippen molar-refractivity contribution in [2.24, 2.45) is 0 Å². The van der Waals surface area contributed by atoms with E-state index in [2.05, 4.69) is 5.32 Å². The molecule has 7 heteroatoms. The van der Waals surface area contributed by atoms with E-state index in [0.29, 0.717) is 24.5 Å². The van der Waals surface area contributed by atoms with Crippen molar-refractivity contribution < 1.29 is 18.3 Å². The zero-order chi connectivity index (χ0) is 15.3. The van der Waals surface area contributed by atoms with Gasteiger partial charge in [-0.3, -0.25) is 0 Å². The summed E-state index contributed by atoms with van der Waals surface area (Å²) in [6, 6.07) is 5.37. The molecule has 0 atom stereocenters. The van der Waals surface area contributed by atoms with Crippen molar-refractivity contribution in [1.82, 2.24) is 9.62 Å². The van der Waals surface area contributed by atoms with Crippen LogP contribution in [-0.2, 0) is 27.7 Å². The van der Waals surface area contributed by atoms with Gasteiger partial charge in [0.05, 0.1) is 18.1 Å². The second-order valence-corrected chi connectivity index (χ2v) is 6.85. The van der Waals surface area contributed by atoms with Crippen molar-refractivity contribution in [2.45, 2.75) is 17.9 Å². The number of hydrogen-bond donors (Lipinski definition) is 2. The second-order valence-electron chi connectivity index (χ2n) is 4.94. The second kappa shape index (κ2) is 7.33. The highest BCUT2D eigenvalue weighted by Crippen LogP contribution is 2.25. The molecular formula is C14H22N2O4S. The van der Waals surface area contributed by atoms with Crippen molar-refractivity contribution >= 4 is 10.0 Å². The van der Waals surface area contributed by atoms with E-state index in [1.165, 1.54) is 11.4 Å². The van der Waals surface area contributed by atoms with Gasteiger partial charge in [-0.05, 0) is 30.2 Å². The highest BCUT2D eigenvalue weighted by Gasteiger charge is 2.28. The number of rotatable bonds is 7. The molecule has 21 heavy (non-hydrogen) atoms. The molecule has 0 saturated heterocycles. The minimum Gasteiger partial charge on any atom is -0.395 e. The number of ether oxygens (including phenoxy) is 1. The van der Waals surface area contributed by atoms with E-state index >= 15 is 0 Å². The van der Waals surface area contributed by atoms with Gasteiger partial charge >= 0.3 is 0 Å². The summed E-state index contributed by atoms with van der Waals surface area (Å²) in [5, 5.41) is 12.4. The molecule has 0 fully saturated rings. The van der Waals surface area contributed by atoms with E-state index in [-0.39, 0.29) is 19.7 Å². The summed E-state index contributed by atoms with van der Waals surface area (Å²) in [7, 11) is -2.08. The quantitative estimate of drug-likeness (QED) is 0.738. The molecule has 2 rings (SSSR count). The largest absolute Gasteiger partial charge is 0.395 e. The van der Waals surface area contributed by atoms with Gasteiger partial charge in [0.15, 0.2) is 0 Å². The number of aliphatic hydroxyl groups excluding tert-OH is 1. The van der Waals surface area contributed by atoms with Gasteiger partial charge in [-0.1, -0.05) is 12.1 Å². The van der Waals surface area contributed by atoms with Crippen LogP contribution in [0.3, 0.4) is 0 Å². The van der Waals surface area contributed by atoms with Crippen molar-refractivity contribution in [3.63, 3.8) is 0 Å². The molecule has 1 aromatic carbocycles. The van der Waals surface area contributed by atoms with Crippen LogP contribution < -0.4 is 5.32 Å². The Morgan fingerprint density at radius 3 is 2.90 bits per heavy atom. The Balaban J connectivity index is 2.37. The Labute approximate surface area is 125 Å². The lowest BCUT2D eigenvalue weighted by molar-refractivity contribution is 0.168. The summed E-state index contributed by atoms with van der Waals surface area (Å²) < 4.78 is 31.9. The lowest BCUT2D eigenvalue weighted by Crippen LogP contribution is -2.37. The van der Waals surface area contributed by atoms with E-state index in [0.717, 1.165) is 17.7 Å². The predicted octanol–water partition coefficient (Wildman–Crippen LogP) is -0.0383. The molecule has 0 bridgehead atoms. The molecule has 1 aliphatic rings. The van der Waals surface area contributed by atoms with Crippen LogP contribution in [0.5, 0.6) is 0 Å². The topological polar surface area (TPSA) is 78.9 Å². The fourth-order valence-electron chi connectivity index (χ4n) is 2.53. The van der Waals surface area contributed by atoms with Gasteiger partial charge in [0, 0.05) is 26.7 Å². The molecule has 0 aromatic heterocycles. The first-order valence-electron chi connectivity index (χ1n) is 7.02. The number of nitrogens with one attached hydrogen (secondary N) is 1. The van der Waals surface area contributed by atoms with Gasteiger partial charge in [0.2, 0.25) is 10.0 Å². The van der Waals surface area contributed by atoms with Crippen molar-refractivity contribution in [3.05, 3.63) is 29.3 Å². The van der Waals surface area contributed by atoms with Crippen LogP contribution in [0.15, 0.2) is 23.1 Å². The number of methoxy groups -OCH3 is 1. The molecule has 0 amide bonds. The van der Waals surface area contributed by atoms with Crippen LogP contribution in [0.1, 0.15) is 11.1 Å². The third-order valence-corrected chi connectivity index (χ3v) is 5.59. The van der Waals surface area contributed by atoms with Gasteiger partial charge in [-0.2, -0.15) is 4.31 Å². The molecule has 1 heterocycles. The molecule has 2 N–H and O–H groups in total. The Kier molecular flexibility index (Phi) is 5.72. The summed E-state index contributed by atoms with van der Waals surface area (Å²) in [5.41, 5.74) is 1.91. The number of fused-ring (bicyclic) bond motifs is 1. The van der Waals surface area contributed by atoms with Crippen LogP contribution in [0.4, 0.5) is 0 Å². The average molecular weight is 314 g/mol. The maximum Gasteiger partial charge on any atom is 0.243 e. The molecule has 0 spiro atoms. The number of aliphatic hydroxyl groups is 1. The van der Waals surface area contributed by atoms with E-state index in [1.807, 2.05) is 6.07 Å². The predicted molar refractivity (Wildman–Crippen MR) is 79.6 cm³/mol. The summed E-state index contributed by atoms with van der Waals surface area (Å²) >= 11 is 0. The van der Waals surface area contributed by atoms with E-state index in [4.69, 9.17) is 9.84 Å². The highest BCUT2D eigenvalue weighted by atomic mass is 32.2. The highest BCUT2D eigenvalue weighted by molar-refractivity contribution is 7.89. The molecule has 0 radical (unpaired) electrons. The first kappa shape index (κ1) is 16.4. The monoisotopic (exact) mass is 314 g/mol. The molecule has 0 saturated carbocycles. The van der Waals surface area contributed by atoms with E-state index < -0.39 is 10.0 Å². The van der Waals surface area contributed by atoms with Crippen LogP contribution in [0.25, 0.3) is 0 Å². The minimum absolute atomic E-state index is 0.0770. The molecule has 1 aromatic rings. The summed E-state index contributed by atoms with van der Waals surface area (Å²) in [4.78, 5) is 0.353. The minimum atomic E-state index is -3.61. The summed E-state index contributed by atoms with van der Waals surface area (Å²) in [5.74, 6) is 0. The van der Waals surface area contributed by atoms with E-state index in [9.17, 15) is 8.42 Å². The standard InChI is InChI=1S/C14H22N2O4S/c1-20-10-8-16(7-9-17)21(18,19)14-4-2-3-12-11-15-6-5-13(12)14/h2-4,15,17H,5-11H2,1H3. The zero-order valence-corrected chi connectivity index (χ0v) is 13.0. The normalized spacial score (nSPS) is 15.2. The van der Waals surface area contributed by atoms with E-state index in [1.54, 1.807) is 12.1 Å². The van der Waals surface area contributed by atoms with Gasteiger partial charge in [-0.25, -0.2) is 8.42 Å². The molecule has 6 nitrogen and oxygen atoms in total. The zero-order valence-electron chi connectivity index (χ0n) is 12.2. The lowest BCUT2D eigenvalue weighted by Gasteiger charge is -2.25. The molecular weight excluding hydrogens is 292 g/mol. The van der Waals surface area contributed by atoms with Gasteiger partial charge in [-0.15, -0.1) is 0 Å². The molecule has 0 aliphatic carbocycles. The van der Waals surface area contributed by atoms with Gasteiger partial charge in [0.25, 0.3) is 0 Å². The smallest absolute Gasteiger partial charge is 0.243 e. The Morgan fingerprint density at radius 1 is 1.38 bits per heavy atom. The fourth-order valence-corrected chi connectivity index (χ4v) is 4.24. The van der Waals surface area contributed by atoms with Crippen molar-refractivity contribution in [2.75, 3.05) is 40.0 Å². The van der Waals surface area contributed by atoms with Crippen LogP contribution in [0, 0.1) is 0 Å². The first-order valence-corrected chi connectivity index (χ1v) is 8.46. The third kappa shape index (κ3) is 3.61.